The zero-order valence-electron chi connectivity index (χ0n) is 20.7. The molecule has 0 radical (unpaired) electrons. The summed E-state index contributed by atoms with van der Waals surface area (Å²) in [6.45, 7) is 3.87. The molecule has 4 amide bonds. The highest BCUT2D eigenvalue weighted by Gasteiger charge is 2.32. The lowest BCUT2D eigenvalue weighted by atomic mass is 9.98. The molecule has 202 valence electrons. The first-order chi connectivity index (χ1) is 17.0. The molecular weight excluding hydrogens is 472 g/mol. The maximum Gasteiger partial charge on any atom is 0.326 e. The van der Waals surface area contributed by atoms with Crippen LogP contribution in [0, 0.1) is 5.92 Å². The molecule has 0 aromatic carbocycles. The van der Waals surface area contributed by atoms with Crippen molar-refractivity contribution in [3.8, 4) is 0 Å². The zero-order chi connectivity index (χ0) is 27.3. The topological polar surface area (TPSA) is 248 Å². The van der Waals surface area contributed by atoms with Crippen LogP contribution in [0.2, 0.25) is 0 Å². The van der Waals surface area contributed by atoms with Gasteiger partial charge in [0.25, 0.3) is 0 Å². The number of nitrogens with zero attached hydrogens (tertiary/aromatic N) is 1. The number of aromatic nitrogens is 2. The van der Waals surface area contributed by atoms with Gasteiger partial charge in [0, 0.05) is 18.3 Å². The number of hydrogen-bond donors (Lipinski definition) is 8. The number of hydrogen-bond acceptors (Lipinski definition) is 8. The Morgan fingerprint density at radius 3 is 2.22 bits per heavy atom. The van der Waals surface area contributed by atoms with Gasteiger partial charge >= 0.3 is 5.97 Å². The molecule has 0 aliphatic heterocycles. The van der Waals surface area contributed by atoms with Gasteiger partial charge < -0.3 is 43.2 Å². The van der Waals surface area contributed by atoms with Gasteiger partial charge in [-0.3, -0.25) is 19.2 Å². The van der Waals surface area contributed by atoms with E-state index in [9.17, 15) is 29.1 Å². The zero-order valence-corrected chi connectivity index (χ0v) is 20.7. The Morgan fingerprint density at radius 2 is 1.69 bits per heavy atom. The standard InChI is InChI=1S/C22H38N8O6/c1-3-12(2)18(22(35)36)30-21(34)16(8-13-10-26-11-27-13)29-20(33)15(6-4-5-7-23)28-19(32)14(24)9-17(25)31/h10-12,14-16,18H,3-9,23-24H2,1-2H3,(H2,25,31)(H,26,27)(H,28,32)(H,29,33)(H,30,34)(H,35,36). The summed E-state index contributed by atoms with van der Waals surface area (Å²) < 4.78 is 0. The average molecular weight is 511 g/mol. The molecule has 1 aromatic rings. The number of rotatable bonds is 17. The molecule has 1 heterocycles. The summed E-state index contributed by atoms with van der Waals surface area (Å²) in [6, 6.07) is -4.65. The summed E-state index contributed by atoms with van der Waals surface area (Å²) in [7, 11) is 0. The van der Waals surface area contributed by atoms with Gasteiger partial charge in [0.2, 0.25) is 23.6 Å². The van der Waals surface area contributed by atoms with Gasteiger partial charge in [-0.2, -0.15) is 0 Å². The van der Waals surface area contributed by atoms with Crippen molar-refractivity contribution in [1.29, 1.82) is 0 Å². The van der Waals surface area contributed by atoms with E-state index in [1.165, 1.54) is 12.5 Å². The van der Waals surface area contributed by atoms with E-state index in [-0.39, 0.29) is 18.8 Å². The highest BCUT2D eigenvalue weighted by molar-refractivity contribution is 5.95. The van der Waals surface area contributed by atoms with E-state index >= 15 is 0 Å². The van der Waals surface area contributed by atoms with Gasteiger partial charge in [-0.05, 0) is 31.7 Å². The van der Waals surface area contributed by atoms with Crippen LogP contribution in [0.5, 0.6) is 0 Å². The quantitative estimate of drug-likeness (QED) is 0.106. The van der Waals surface area contributed by atoms with Crippen LogP contribution in [-0.4, -0.2) is 75.4 Å². The summed E-state index contributed by atoms with van der Waals surface area (Å²) in [5, 5.41) is 17.1. The van der Waals surface area contributed by atoms with E-state index in [1.807, 2.05) is 0 Å². The fraction of sp³-hybridized carbons (Fsp3) is 0.636. The van der Waals surface area contributed by atoms with Crippen molar-refractivity contribution < 1.29 is 29.1 Å². The number of unbranched alkanes of at least 4 members (excludes halogenated alkanes) is 1. The van der Waals surface area contributed by atoms with Crippen molar-refractivity contribution in [3.63, 3.8) is 0 Å². The van der Waals surface area contributed by atoms with E-state index < -0.39 is 60.2 Å². The van der Waals surface area contributed by atoms with Crippen molar-refractivity contribution in [2.75, 3.05) is 6.54 Å². The molecule has 1 aromatic heterocycles. The number of H-pyrrole nitrogens is 1. The van der Waals surface area contributed by atoms with Gasteiger partial charge in [-0.25, -0.2) is 9.78 Å². The second-order valence-corrected chi connectivity index (χ2v) is 8.67. The Kier molecular flexibility index (Phi) is 13.1. The Hall–Kier alpha value is -3.52. The van der Waals surface area contributed by atoms with Crippen LogP contribution in [0.15, 0.2) is 12.5 Å². The number of nitrogens with one attached hydrogen (secondary N) is 4. The molecule has 0 spiro atoms. The van der Waals surface area contributed by atoms with Crippen molar-refractivity contribution in [2.45, 2.75) is 76.5 Å². The summed E-state index contributed by atoms with van der Waals surface area (Å²) in [5.41, 5.74) is 16.8. The molecule has 0 saturated heterocycles. The predicted octanol–water partition coefficient (Wildman–Crippen LogP) is -2.13. The van der Waals surface area contributed by atoms with Gasteiger partial charge in [-0.1, -0.05) is 20.3 Å². The molecule has 0 bridgehead atoms. The highest BCUT2D eigenvalue weighted by Crippen LogP contribution is 2.10. The minimum Gasteiger partial charge on any atom is -0.480 e. The Labute approximate surface area is 209 Å². The smallest absolute Gasteiger partial charge is 0.326 e. The average Bonchev–Trinajstić information content (AvgIpc) is 3.33. The fourth-order valence-corrected chi connectivity index (χ4v) is 3.38. The van der Waals surface area contributed by atoms with Crippen LogP contribution in [0.4, 0.5) is 0 Å². The highest BCUT2D eigenvalue weighted by atomic mass is 16.4. The van der Waals surface area contributed by atoms with Crippen LogP contribution in [0.25, 0.3) is 0 Å². The third-order valence-electron chi connectivity index (χ3n) is 5.73. The number of carboxylic acid groups (broad SMARTS) is 1. The minimum atomic E-state index is -1.25. The molecule has 0 aliphatic carbocycles. The molecule has 14 heteroatoms. The minimum absolute atomic E-state index is 0.00489. The number of imidazole rings is 1. The molecule has 0 saturated carbocycles. The van der Waals surface area contributed by atoms with Crippen LogP contribution >= 0.6 is 0 Å². The number of carboxylic acids is 1. The lowest BCUT2D eigenvalue weighted by Gasteiger charge is -2.26. The number of carbonyl (C=O) groups excluding carboxylic acids is 4. The number of aromatic amines is 1. The van der Waals surface area contributed by atoms with Gasteiger partial charge in [0.1, 0.15) is 18.1 Å². The molecule has 14 nitrogen and oxygen atoms in total. The third kappa shape index (κ3) is 10.4. The van der Waals surface area contributed by atoms with Crippen LogP contribution in [0.3, 0.4) is 0 Å². The fourth-order valence-electron chi connectivity index (χ4n) is 3.38. The molecule has 0 aliphatic rings. The molecular formula is C22H38N8O6. The monoisotopic (exact) mass is 510 g/mol. The SMILES string of the molecule is CCC(C)C(NC(=O)C(Cc1cnc[nH]1)NC(=O)C(CCCCN)NC(=O)C(N)CC(N)=O)C(=O)O. The molecule has 0 fully saturated rings. The van der Waals surface area contributed by atoms with E-state index in [4.69, 9.17) is 17.2 Å². The van der Waals surface area contributed by atoms with E-state index in [2.05, 4.69) is 25.9 Å². The normalized spacial score (nSPS) is 15.1. The second-order valence-electron chi connectivity index (χ2n) is 8.67. The van der Waals surface area contributed by atoms with Crippen molar-refractivity contribution >= 4 is 29.6 Å². The lowest BCUT2D eigenvalue weighted by Crippen LogP contribution is -2.58. The van der Waals surface area contributed by atoms with Gasteiger partial charge in [-0.15, -0.1) is 0 Å². The first-order valence-corrected chi connectivity index (χ1v) is 11.8. The van der Waals surface area contributed by atoms with Crippen molar-refractivity contribution in [2.24, 2.45) is 23.1 Å². The lowest BCUT2D eigenvalue weighted by molar-refractivity contribution is -0.143. The summed E-state index contributed by atoms with van der Waals surface area (Å²) in [5.74, 6) is -4.46. The largest absolute Gasteiger partial charge is 0.480 e. The summed E-state index contributed by atoms with van der Waals surface area (Å²) >= 11 is 0. The van der Waals surface area contributed by atoms with Gasteiger partial charge in [0.05, 0.1) is 18.8 Å². The van der Waals surface area contributed by atoms with Crippen LogP contribution < -0.4 is 33.2 Å². The Balaban J connectivity index is 3.08. The van der Waals surface area contributed by atoms with E-state index in [0.29, 0.717) is 31.5 Å². The number of primary amides is 1. The second kappa shape index (κ2) is 15.5. The number of amides is 4. The Morgan fingerprint density at radius 1 is 1.06 bits per heavy atom. The summed E-state index contributed by atoms with van der Waals surface area (Å²) in [4.78, 5) is 68.2. The maximum absolute atomic E-state index is 13.2. The van der Waals surface area contributed by atoms with Crippen molar-refractivity contribution in [3.05, 3.63) is 18.2 Å². The van der Waals surface area contributed by atoms with Crippen LogP contribution in [-0.2, 0) is 30.4 Å². The van der Waals surface area contributed by atoms with Gasteiger partial charge in [0.15, 0.2) is 0 Å². The molecule has 1 rings (SSSR count). The summed E-state index contributed by atoms with van der Waals surface area (Å²) in [6.07, 6.45) is 4.25. The molecule has 11 N–H and O–H groups in total. The number of aliphatic carboxylic acids is 1. The number of carbonyl (C=O) groups is 5. The van der Waals surface area contributed by atoms with E-state index in [1.54, 1.807) is 13.8 Å². The van der Waals surface area contributed by atoms with Crippen LogP contribution in [0.1, 0.15) is 51.6 Å². The molecule has 36 heavy (non-hydrogen) atoms. The Bertz CT molecular complexity index is 878. The third-order valence-corrected chi connectivity index (χ3v) is 5.73. The first-order valence-electron chi connectivity index (χ1n) is 11.8. The number of nitrogens with two attached hydrogens (primary N) is 3. The maximum atomic E-state index is 13.2. The van der Waals surface area contributed by atoms with Crippen molar-refractivity contribution in [1.82, 2.24) is 25.9 Å². The molecule has 5 unspecified atom stereocenters. The first kappa shape index (κ1) is 30.5. The van der Waals surface area contributed by atoms with E-state index in [0.717, 1.165) is 0 Å². The predicted molar refractivity (Wildman–Crippen MR) is 130 cm³/mol. The molecule has 5 atom stereocenters.